The molecule has 2 aromatic rings. The van der Waals surface area contributed by atoms with Crippen LogP contribution in [0.25, 0.3) is 11.8 Å². The van der Waals surface area contributed by atoms with Crippen molar-refractivity contribution in [1.82, 2.24) is 9.78 Å². The number of Topliss-reactive ketones (excluding diaryl/α,β-unsaturated/α-hetero) is 1. The second kappa shape index (κ2) is 6.65. The first-order chi connectivity index (χ1) is 10.2. The van der Waals surface area contributed by atoms with E-state index in [1.165, 1.54) is 7.11 Å². The fraction of sp³-hybridized carbons (Fsp3) is 0.188. The largest absolute Gasteiger partial charge is 0.465 e. The number of ether oxygens (including phenoxy) is 1. The molecule has 0 fully saturated rings. The molecule has 0 aliphatic carbocycles. The topological polar surface area (TPSA) is 61.2 Å². The van der Waals surface area contributed by atoms with Crippen LogP contribution in [0.1, 0.15) is 18.9 Å². The number of methoxy groups -OCH3 is 1. The molecule has 0 aliphatic heterocycles. The van der Waals surface area contributed by atoms with E-state index >= 15 is 0 Å². The molecule has 0 radical (unpaired) electrons. The molecule has 0 atom stereocenters. The number of carbonyl (C=O) groups excluding carboxylic acids is 2. The molecule has 5 nitrogen and oxygen atoms in total. The van der Waals surface area contributed by atoms with E-state index in [1.807, 2.05) is 36.5 Å². The van der Waals surface area contributed by atoms with Crippen molar-refractivity contribution in [2.75, 3.05) is 7.11 Å². The molecule has 1 heterocycles. The van der Waals surface area contributed by atoms with Crippen molar-refractivity contribution in [3.05, 3.63) is 53.9 Å². The quantitative estimate of drug-likeness (QED) is 0.366. The molecular weight excluding hydrogens is 268 g/mol. The molecule has 0 saturated heterocycles. The van der Waals surface area contributed by atoms with Crippen molar-refractivity contribution < 1.29 is 14.3 Å². The van der Waals surface area contributed by atoms with Crippen LogP contribution in [0.15, 0.2) is 48.3 Å². The van der Waals surface area contributed by atoms with Crippen molar-refractivity contribution in [1.29, 1.82) is 0 Å². The summed E-state index contributed by atoms with van der Waals surface area (Å²) in [5.41, 5.74) is 1.72. The van der Waals surface area contributed by atoms with Gasteiger partial charge in [0.1, 0.15) is 5.57 Å². The van der Waals surface area contributed by atoms with E-state index in [4.69, 9.17) is 0 Å². The van der Waals surface area contributed by atoms with Crippen molar-refractivity contribution >= 4 is 17.8 Å². The lowest BCUT2D eigenvalue weighted by atomic mass is 10.1. The van der Waals surface area contributed by atoms with Crippen LogP contribution in [-0.2, 0) is 14.3 Å². The first-order valence-electron chi connectivity index (χ1n) is 6.59. The average Bonchev–Trinajstić information content (AvgIpc) is 3.06. The summed E-state index contributed by atoms with van der Waals surface area (Å²) in [5, 5.41) is 4.13. The summed E-state index contributed by atoms with van der Waals surface area (Å²) in [5.74, 6) is -0.851. The number of hydrogen-bond donors (Lipinski definition) is 0. The summed E-state index contributed by atoms with van der Waals surface area (Å²) in [4.78, 5) is 23.4. The lowest BCUT2D eigenvalue weighted by Gasteiger charge is -2.04. The number of benzene rings is 1. The summed E-state index contributed by atoms with van der Waals surface area (Å²) in [7, 11) is 1.26. The first-order valence-corrected chi connectivity index (χ1v) is 6.59. The lowest BCUT2D eigenvalue weighted by molar-refractivity contribution is -0.137. The summed E-state index contributed by atoms with van der Waals surface area (Å²) in [6, 6.07) is 9.21. The van der Waals surface area contributed by atoms with Gasteiger partial charge in [0.15, 0.2) is 5.78 Å². The van der Waals surface area contributed by atoms with E-state index in [9.17, 15) is 9.59 Å². The molecule has 2 rings (SSSR count). The van der Waals surface area contributed by atoms with Crippen molar-refractivity contribution in [2.24, 2.45) is 0 Å². The minimum Gasteiger partial charge on any atom is -0.465 e. The predicted molar refractivity (Wildman–Crippen MR) is 78.9 cm³/mol. The maximum atomic E-state index is 11.8. The lowest BCUT2D eigenvalue weighted by Crippen LogP contribution is -2.13. The van der Waals surface area contributed by atoms with Gasteiger partial charge >= 0.3 is 5.97 Å². The molecule has 108 valence electrons. The van der Waals surface area contributed by atoms with Gasteiger partial charge in [0, 0.05) is 18.8 Å². The van der Waals surface area contributed by atoms with Gasteiger partial charge in [-0.3, -0.25) is 4.79 Å². The minimum atomic E-state index is -0.613. The SMILES string of the molecule is CCC(=O)/C(=C/c1ccc(-n2cccn2)cc1)C(=O)OC. The number of rotatable bonds is 5. The molecule has 0 spiro atoms. The fourth-order valence-corrected chi connectivity index (χ4v) is 1.87. The average molecular weight is 284 g/mol. The van der Waals surface area contributed by atoms with Crippen LogP contribution < -0.4 is 0 Å². The molecular formula is C16H16N2O3. The van der Waals surface area contributed by atoms with Gasteiger partial charge in [0.05, 0.1) is 12.8 Å². The van der Waals surface area contributed by atoms with Crippen LogP contribution in [0, 0.1) is 0 Å². The van der Waals surface area contributed by atoms with Gasteiger partial charge in [-0.2, -0.15) is 5.10 Å². The third kappa shape index (κ3) is 3.45. The molecule has 0 amide bonds. The second-order valence-corrected chi connectivity index (χ2v) is 4.37. The molecule has 21 heavy (non-hydrogen) atoms. The number of carbonyl (C=O) groups is 2. The molecule has 5 heteroatoms. The Labute approximate surface area is 122 Å². The smallest absolute Gasteiger partial charge is 0.341 e. The van der Waals surface area contributed by atoms with Crippen molar-refractivity contribution in [2.45, 2.75) is 13.3 Å². The maximum absolute atomic E-state index is 11.8. The Bertz CT molecular complexity index is 637. The van der Waals surface area contributed by atoms with Crippen LogP contribution in [-0.4, -0.2) is 28.6 Å². The summed E-state index contributed by atoms with van der Waals surface area (Å²) < 4.78 is 6.38. The van der Waals surface area contributed by atoms with Crippen molar-refractivity contribution in [3.8, 4) is 5.69 Å². The summed E-state index contributed by atoms with van der Waals surface area (Å²) in [6.45, 7) is 1.71. The number of esters is 1. The number of nitrogens with zero attached hydrogens (tertiary/aromatic N) is 2. The van der Waals surface area contributed by atoms with E-state index in [2.05, 4.69) is 9.84 Å². The third-order valence-corrected chi connectivity index (χ3v) is 3.00. The zero-order valence-electron chi connectivity index (χ0n) is 11.9. The Hall–Kier alpha value is -2.69. The van der Waals surface area contributed by atoms with Gasteiger partial charge in [-0.1, -0.05) is 19.1 Å². The Balaban J connectivity index is 2.30. The summed E-state index contributed by atoms with van der Waals surface area (Å²) >= 11 is 0. The molecule has 0 N–H and O–H groups in total. The van der Waals surface area contributed by atoms with E-state index in [0.717, 1.165) is 11.3 Å². The highest BCUT2D eigenvalue weighted by Crippen LogP contribution is 2.14. The van der Waals surface area contributed by atoms with Gasteiger partial charge in [0.25, 0.3) is 0 Å². The van der Waals surface area contributed by atoms with E-state index in [0.29, 0.717) is 0 Å². The molecule has 0 unspecified atom stereocenters. The molecule has 0 bridgehead atoms. The molecule has 0 aliphatic rings. The standard InChI is InChI=1S/C16H16N2O3/c1-3-15(19)14(16(20)21-2)11-12-5-7-13(8-6-12)18-10-4-9-17-18/h4-11H,3H2,1-2H3/b14-11-. The highest BCUT2D eigenvalue weighted by molar-refractivity contribution is 6.20. The van der Waals surface area contributed by atoms with Gasteiger partial charge in [-0.05, 0) is 29.8 Å². The highest BCUT2D eigenvalue weighted by atomic mass is 16.5. The van der Waals surface area contributed by atoms with Crippen molar-refractivity contribution in [3.63, 3.8) is 0 Å². The Morgan fingerprint density at radius 2 is 2.00 bits per heavy atom. The zero-order chi connectivity index (χ0) is 15.2. The number of aromatic nitrogens is 2. The van der Waals surface area contributed by atoms with Gasteiger partial charge in [-0.25, -0.2) is 9.48 Å². The highest BCUT2D eigenvalue weighted by Gasteiger charge is 2.16. The Morgan fingerprint density at radius 1 is 1.29 bits per heavy atom. The molecule has 1 aromatic carbocycles. The first kappa shape index (κ1) is 14.7. The number of ketones is 1. The normalized spacial score (nSPS) is 11.2. The van der Waals surface area contributed by atoms with Gasteiger partial charge in [-0.15, -0.1) is 0 Å². The van der Waals surface area contributed by atoms with Gasteiger partial charge in [0.2, 0.25) is 0 Å². The number of hydrogen-bond acceptors (Lipinski definition) is 4. The Morgan fingerprint density at radius 3 is 2.52 bits per heavy atom. The Kier molecular flexibility index (Phi) is 4.66. The van der Waals surface area contributed by atoms with Crippen LogP contribution in [0.5, 0.6) is 0 Å². The van der Waals surface area contributed by atoms with E-state index < -0.39 is 5.97 Å². The third-order valence-electron chi connectivity index (χ3n) is 3.00. The molecule has 1 aromatic heterocycles. The molecule has 0 saturated carbocycles. The second-order valence-electron chi connectivity index (χ2n) is 4.37. The minimum absolute atomic E-state index is 0.0619. The fourth-order valence-electron chi connectivity index (χ4n) is 1.87. The summed E-state index contributed by atoms with van der Waals surface area (Å²) in [6.07, 6.45) is 5.34. The monoisotopic (exact) mass is 284 g/mol. The predicted octanol–water partition coefficient (Wildman–Crippen LogP) is 2.41. The van der Waals surface area contributed by atoms with E-state index in [1.54, 1.807) is 23.9 Å². The van der Waals surface area contributed by atoms with Gasteiger partial charge < -0.3 is 4.74 Å². The van der Waals surface area contributed by atoms with Crippen LogP contribution in [0.3, 0.4) is 0 Å². The maximum Gasteiger partial charge on any atom is 0.341 e. The van der Waals surface area contributed by atoms with Crippen LogP contribution >= 0.6 is 0 Å². The van der Waals surface area contributed by atoms with Crippen LogP contribution in [0.4, 0.5) is 0 Å². The zero-order valence-corrected chi connectivity index (χ0v) is 11.9. The van der Waals surface area contributed by atoms with Crippen LogP contribution in [0.2, 0.25) is 0 Å². The van der Waals surface area contributed by atoms with E-state index in [-0.39, 0.29) is 17.8 Å².